The summed E-state index contributed by atoms with van der Waals surface area (Å²) in [7, 11) is 0. The number of nitrogens with zero attached hydrogens (tertiary/aromatic N) is 2. The summed E-state index contributed by atoms with van der Waals surface area (Å²) < 4.78 is 1.78. The van der Waals surface area contributed by atoms with Crippen LogP contribution in [-0.2, 0) is 6.54 Å². The Morgan fingerprint density at radius 1 is 1.57 bits per heavy atom. The van der Waals surface area contributed by atoms with E-state index in [9.17, 15) is 4.79 Å². The first-order valence-corrected chi connectivity index (χ1v) is 5.40. The van der Waals surface area contributed by atoms with Crippen molar-refractivity contribution in [1.82, 2.24) is 8.94 Å². The molecule has 0 saturated heterocycles. The maximum atomic E-state index is 11.8. The summed E-state index contributed by atoms with van der Waals surface area (Å²) in [5.74, 6) is 0.487. The Balaban J connectivity index is 2.57. The Kier molecular flexibility index (Phi) is 2.37. The van der Waals surface area contributed by atoms with Crippen molar-refractivity contribution in [2.24, 2.45) is 5.92 Å². The third-order valence-electron chi connectivity index (χ3n) is 1.96. The van der Waals surface area contributed by atoms with Crippen molar-refractivity contribution in [3.8, 4) is 0 Å². The molecule has 2 rings (SSSR count). The molecule has 0 aliphatic carbocycles. The fourth-order valence-electron chi connectivity index (χ4n) is 1.36. The lowest BCUT2D eigenvalue weighted by atomic mass is 10.2. The molecular formula is C10H12N2OS. The second-order valence-electron chi connectivity index (χ2n) is 3.71. The highest BCUT2D eigenvalue weighted by Crippen LogP contribution is 2.13. The van der Waals surface area contributed by atoms with Gasteiger partial charge in [0.25, 0.3) is 5.56 Å². The summed E-state index contributed by atoms with van der Waals surface area (Å²) in [5.41, 5.74) is 0.0896. The van der Waals surface area contributed by atoms with Crippen LogP contribution in [0.5, 0.6) is 0 Å². The lowest BCUT2D eigenvalue weighted by Gasteiger charge is -2.01. The molecule has 0 bridgehead atoms. The van der Waals surface area contributed by atoms with Crippen molar-refractivity contribution in [1.29, 1.82) is 0 Å². The van der Waals surface area contributed by atoms with Crippen molar-refractivity contribution >= 4 is 21.7 Å². The van der Waals surface area contributed by atoms with Crippen LogP contribution in [0.2, 0.25) is 0 Å². The van der Waals surface area contributed by atoms with Gasteiger partial charge >= 0.3 is 0 Å². The summed E-state index contributed by atoms with van der Waals surface area (Å²) in [6, 6.07) is 3.63. The van der Waals surface area contributed by atoms with Gasteiger partial charge in [-0.15, -0.1) is 0 Å². The van der Waals surface area contributed by atoms with Crippen molar-refractivity contribution in [2.45, 2.75) is 20.4 Å². The molecule has 2 heterocycles. The minimum atomic E-state index is 0.0896. The number of hydrogen-bond donors (Lipinski definition) is 0. The quantitative estimate of drug-likeness (QED) is 0.757. The van der Waals surface area contributed by atoms with Crippen LogP contribution < -0.4 is 5.56 Å². The fraction of sp³-hybridized carbons (Fsp3) is 0.400. The minimum Gasteiger partial charge on any atom is -0.268 e. The third kappa shape index (κ3) is 1.57. The average Bonchev–Trinajstić information content (AvgIpc) is 2.44. The lowest BCUT2D eigenvalue weighted by Crippen LogP contribution is -2.15. The molecule has 0 radical (unpaired) electrons. The van der Waals surface area contributed by atoms with Crippen molar-refractivity contribution in [3.05, 3.63) is 28.7 Å². The first-order valence-electron chi connectivity index (χ1n) is 4.63. The van der Waals surface area contributed by atoms with Gasteiger partial charge in [-0.1, -0.05) is 13.8 Å². The molecule has 0 atom stereocenters. The molecule has 0 spiro atoms. The molecule has 0 amide bonds. The maximum Gasteiger partial charge on any atom is 0.270 e. The molecule has 3 nitrogen and oxygen atoms in total. The lowest BCUT2D eigenvalue weighted by molar-refractivity contribution is 0.542. The second kappa shape index (κ2) is 3.53. The van der Waals surface area contributed by atoms with E-state index in [0.29, 0.717) is 5.92 Å². The second-order valence-corrected chi connectivity index (χ2v) is 4.72. The largest absolute Gasteiger partial charge is 0.270 e. The van der Waals surface area contributed by atoms with E-state index in [1.807, 2.05) is 6.07 Å². The highest BCUT2D eigenvalue weighted by molar-refractivity contribution is 7.13. The molecule has 14 heavy (non-hydrogen) atoms. The molecule has 0 unspecified atom stereocenters. The van der Waals surface area contributed by atoms with Gasteiger partial charge in [-0.3, -0.25) is 8.75 Å². The molecular weight excluding hydrogens is 196 g/mol. The molecule has 0 aromatic carbocycles. The van der Waals surface area contributed by atoms with E-state index in [1.165, 1.54) is 11.5 Å². The van der Waals surface area contributed by atoms with Crippen molar-refractivity contribution < 1.29 is 0 Å². The Morgan fingerprint density at radius 3 is 3.00 bits per heavy atom. The number of aromatic nitrogens is 2. The number of hydrogen-bond acceptors (Lipinski definition) is 3. The van der Waals surface area contributed by atoms with Gasteiger partial charge < -0.3 is 0 Å². The topological polar surface area (TPSA) is 34.9 Å². The third-order valence-corrected chi connectivity index (χ3v) is 2.99. The van der Waals surface area contributed by atoms with Crippen molar-refractivity contribution in [2.75, 3.05) is 0 Å². The van der Waals surface area contributed by atoms with Gasteiger partial charge in [0.05, 0.1) is 5.39 Å². The average molecular weight is 208 g/mol. The highest BCUT2D eigenvalue weighted by Gasteiger charge is 2.08. The zero-order valence-corrected chi connectivity index (χ0v) is 9.04. The molecule has 0 aliphatic rings. The zero-order chi connectivity index (χ0) is 10.1. The molecule has 74 valence electrons. The standard InChI is InChI=1S/C10H12N2OS/c1-7(2)6-12-10(13)8-4-3-5-11-9(8)14-12/h3-5,7H,6H2,1-2H3. The summed E-state index contributed by atoms with van der Waals surface area (Å²) in [5, 5.41) is 0.734. The number of rotatable bonds is 2. The zero-order valence-electron chi connectivity index (χ0n) is 8.23. The molecule has 0 aliphatic heterocycles. The van der Waals surface area contributed by atoms with E-state index < -0.39 is 0 Å². The Labute approximate surface area is 86.2 Å². The van der Waals surface area contributed by atoms with Crippen LogP contribution in [0, 0.1) is 5.92 Å². The Bertz CT molecular complexity index is 498. The molecule has 2 aromatic heterocycles. The Hall–Kier alpha value is -1.16. The van der Waals surface area contributed by atoms with E-state index in [2.05, 4.69) is 18.8 Å². The van der Waals surface area contributed by atoms with Crippen LogP contribution in [0.25, 0.3) is 10.2 Å². The fourth-order valence-corrected chi connectivity index (χ4v) is 2.48. The smallest absolute Gasteiger partial charge is 0.268 e. The molecule has 2 aromatic rings. The number of fused-ring (bicyclic) bond motifs is 1. The van der Waals surface area contributed by atoms with Gasteiger partial charge in [0.2, 0.25) is 0 Å². The predicted octanol–water partition coefficient (Wildman–Crippen LogP) is 2.11. The van der Waals surface area contributed by atoms with Gasteiger partial charge in [-0.2, -0.15) is 0 Å². The maximum absolute atomic E-state index is 11.8. The predicted molar refractivity (Wildman–Crippen MR) is 58.7 cm³/mol. The normalized spacial score (nSPS) is 11.4. The molecule has 4 heteroatoms. The summed E-state index contributed by atoms with van der Waals surface area (Å²) in [6.45, 7) is 4.98. The monoisotopic (exact) mass is 208 g/mol. The van der Waals surface area contributed by atoms with Gasteiger partial charge in [-0.25, -0.2) is 4.98 Å². The van der Waals surface area contributed by atoms with Gasteiger partial charge in [0.15, 0.2) is 0 Å². The molecule has 0 fully saturated rings. The highest BCUT2D eigenvalue weighted by atomic mass is 32.1. The summed E-state index contributed by atoms with van der Waals surface area (Å²) in [4.78, 5) is 16.8. The summed E-state index contributed by atoms with van der Waals surface area (Å²) >= 11 is 1.45. The minimum absolute atomic E-state index is 0.0896. The van der Waals surface area contributed by atoms with E-state index in [1.54, 1.807) is 16.2 Å². The van der Waals surface area contributed by atoms with E-state index in [4.69, 9.17) is 0 Å². The van der Waals surface area contributed by atoms with Crippen LogP contribution in [0.1, 0.15) is 13.8 Å². The van der Waals surface area contributed by atoms with Crippen LogP contribution in [0.4, 0.5) is 0 Å². The number of pyridine rings is 1. The van der Waals surface area contributed by atoms with E-state index in [-0.39, 0.29) is 5.56 Å². The Morgan fingerprint density at radius 2 is 2.36 bits per heavy atom. The first-order chi connectivity index (χ1) is 6.68. The summed E-state index contributed by atoms with van der Waals surface area (Å²) in [6.07, 6.45) is 1.72. The van der Waals surface area contributed by atoms with E-state index >= 15 is 0 Å². The van der Waals surface area contributed by atoms with Crippen LogP contribution in [-0.4, -0.2) is 8.94 Å². The van der Waals surface area contributed by atoms with Crippen LogP contribution >= 0.6 is 11.5 Å². The van der Waals surface area contributed by atoms with Gasteiger partial charge in [0.1, 0.15) is 4.83 Å². The van der Waals surface area contributed by atoms with E-state index in [0.717, 1.165) is 16.8 Å². The van der Waals surface area contributed by atoms with Crippen LogP contribution in [0.15, 0.2) is 23.1 Å². The molecule has 0 saturated carbocycles. The SMILES string of the molecule is CC(C)Cn1sc2ncccc2c1=O. The van der Waals surface area contributed by atoms with Gasteiger partial charge in [0, 0.05) is 12.7 Å². The first kappa shape index (κ1) is 9.40. The van der Waals surface area contributed by atoms with Crippen LogP contribution in [0.3, 0.4) is 0 Å². The molecule has 0 N–H and O–H groups in total. The van der Waals surface area contributed by atoms with Crippen molar-refractivity contribution in [3.63, 3.8) is 0 Å². The van der Waals surface area contributed by atoms with Gasteiger partial charge in [-0.05, 0) is 29.6 Å².